The van der Waals surface area contributed by atoms with Crippen molar-refractivity contribution in [3.05, 3.63) is 27.2 Å². The van der Waals surface area contributed by atoms with Crippen LogP contribution in [0.25, 0.3) is 0 Å². The molecule has 118 valence electrons. The Balaban J connectivity index is 3.06. The zero-order valence-electron chi connectivity index (χ0n) is 11.3. The maximum atomic E-state index is 12.2. The highest BCUT2D eigenvalue weighted by molar-refractivity contribution is 9.10. The lowest BCUT2D eigenvalue weighted by Gasteiger charge is -2.15. The molecule has 0 heterocycles. The lowest BCUT2D eigenvalue weighted by atomic mass is 10.2. The molecule has 21 heavy (non-hydrogen) atoms. The molecular formula is C12H14BrCl2NO4S. The number of rotatable bonds is 6. The molecule has 0 fully saturated rings. The van der Waals surface area contributed by atoms with E-state index in [-0.39, 0.29) is 26.0 Å². The molecule has 1 N–H and O–H groups in total. The van der Waals surface area contributed by atoms with E-state index >= 15 is 0 Å². The molecule has 1 atom stereocenters. The molecule has 1 aromatic rings. The average molecular weight is 419 g/mol. The second-order valence-corrected chi connectivity index (χ2v) is 8.16. The molecule has 1 amide bonds. The monoisotopic (exact) mass is 417 g/mol. The van der Waals surface area contributed by atoms with Gasteiger partial charge in [-0.05, 0) is 41.4 Å². The maximum Gasteiger partial charge on any atom is 0.261 e. The van der Waals surface area contributed by atoms with Gasteiger partial charge in [0.1, 0.15) is 0 Å². The highest BCUT2D eigenvalue weighted by Gasteiger charge is 2.20. The van der Waals surface area contributed by atoms with Crippen molar-refractivity contribution in [1.29, 1.82) is 0 Å². The smallest absolute Gasteiger partial charge is 0.261 e. The van der Waals surface area contributed by atoms with Crippen LogP contribution in [0.4, 0.5) is 0 Å². The third-order valence-electron chi connectivity index (χ3n) is 2.66. The van der Waals surface area contributed by atoms with Gasteiger partial charge in [0.25, 0.3) is 15.0 Å². The minimum absolute atomic E-state index is 0.0366. The first kappa shape index (κ1) is 18.7. The Morgan fingerprint density at radius 1 is 1.48 bits per heavy atom. The van der Waals surface area contributed by atoms with E-state index in [0.717, 1.165) is 6.07 Å². The second kappa shape index (κ2) is 7.78. The molecule has 5 nitrogen and oxygen atoms in total. The largest absolute Gasteiger partial charge is 0.385 e. The predicted molar refractivity (Wildman–Crippen MR) is 85.6 cm³/mol. The van der Waals surface area contributed by atoms with Crippen LogP contribution < -0.4 is 5.32 Å². The van der Waals surface area contributed by atoms with Crippen LogP contribution in [0, 0.1) is 0 Å². The van der Waals surface area contributed by atoms with Crippen molar-refractivity contribution in [3.63, 3.8) is 0 Å². The Morgan fingerprint density at radius 3 is 2.62 bits per heavy atom. The van der Waals surface area contributed by atoms with Gasteiger partial charge in [-0.25, -0.2) is 8.42 Å². The lowest BCUT2D eigenvalue weighted by Crippen LogP contribution is -2.33. The standard InChI is InChI=1S/C12H14BrCl2NO4S/c1-7(3-4-20-2)16-12(17)9-5-8(21(15,18)19)6-10(13)11(9)14/h5-7H,3-4H2,1-2H3,(H,16,17). The van der Waals surface area contributed by atoms with Gasteiger partial charge in [-0.3, -0.25) is 4.79 Å². The summed E-state index contributed by atoms with van der Waals surface area (Å²) >= 11 is 9.14. The first-order chi connectivity index (χ1) is 9.66. The zero-order valence-corrected chi connectivity index (χ0v) is 15.2. The summed E-state index contributed by atoms with van der Waals surface area (Å²) in [7, 11) is 2.90. The molecule has 0 aliphatic rings. The van der Waals surface area contributed by atoms with Gasteiger partial charge < -0.3 is 10.1 Å². The van der Waals surface area contributed by atoms with E-state index in [1.165, 1.54) is 6.07 Å². The van der Waals surface area contributed by atoms with Gasteiger partial charge in [-0.2, -0.15) is 0 Å². The van der Waals surface area contributed by atoms with E-state index in [2.05, 4.69) is 21.2 Å². The normalized spacial score (nSPS) is 13.0. The highest BCUT2D eigenvalue weighted by Crippen LogP contribution is 2.31. The van der Waals surface area contributed by atoms with Gasteiger partial charge in [0, 0.05) is 34.9 Å². The second-order valence-electron chi connectivity index (χ2n) is 4.36. The summed E-state index contributed by atoms with van der Waals surface area (Å²) in [4.78, 5) is 12.0. The number of amides is 1. The maximum absolute atomic E-state index is 12.2. The molecule has 0 spiro atoms. The Bertz CT molecular complexity index is 636. The van der Waals surface area contributed by atoms with Crippen molar-refractivity contribution in [3.8, 4) is 0 Å². The van der Waals surface area contributed by atoms with Crippen LogP contribution >= 0.6 is 38.2 Å². The van der Waals surface area contributed by atoms with Crippen LogP contribution in [0.1, 0.15) is 23.7 Å². The summed E-state index contributed by atoms with van der Waals surface area (Å²) in [5.74, 6) is -0.480. The van der Waals surface area contributed by atoms with Crippen LogP contribution in [0.15, 0.2) is 21.5 Å². The average Bonchev–Trinajstić information content (AvgIpc) is 2.37. The number of benzene rings is 1. The summed E-state index contributed by atoms with van der Waals surface area (Å²) < 4.78 is 28.0. The molecule has 0 saturated heterocycles. The Morgan fingerprint density at radius 2 is 2.10 bits per heavy atom. The molecule has 0 saturated carbocycles. The van der Waals surface area contributed by atoms with Crippen LogP contribution in [-0.4, -0.2) is 34.1 Å². The third-order valence-corrected chi connectivity index (χ3v) is 5.25. The molecule has 9 heteroatoms. The molecule has 1 aromatic carbocycles. The fourth-order valence-electron chi connectivity index (χ4n) is 1.54. The van der Waals surface area contributed by atoms with Crippen molar-refractivity contribution in [2.24, 2.45) is 0 Å². The fraction of sp³-hybridized carbons (Fsp3) is 0.417. The first-order valence-corrected chi connectivity index (χ1v) is 9.38. The quantitative estimate of drug-likeness (QED) is 0.720. The molecule has 1 unspecified atom stereocenters. The van der Waals surface area contributed by atoms with E-state index < -0.39 is 15.0 Å². The summed E-state index contributed by atoms with van der Waals surface area (Å²) in [6.45, 7) is 2.30. The molecule has 0 aromatic heterocycles. The molecule has 0 aliphatic carbocycles. The van der Waals surface area contributed by atoms with Crippen LogP contribution in [0.5, 0.6) is 0 Å². The summed E-state index contributed by atoms with van der Waals surface area (Å²) in [5.41, 5.74) is 0.0366. The Labute approximate surface area is 141 Å². The Hall–Kier alpha value is -0.340. The fourth-order valence-corrected chi connectivity index (χ4v) is 3.13. The number of nitrogens with one attached hydrogen (secondary N) is 1. The topological polar surface area (TPSA) is 72.5 Å². The first-order valence-electron chi connectivity index (χ1n) is 5.90. The number of halogens is 3. The van der Waals surface area contributed by atoms with Crippen molar-refractivity contribution in [2.75, 3.05) is 13.7 Å². The van der Waals surface area contributed by atoms with E-state index in [1.54, 1.807) is 7.11 Å². The third kappa shape index (κ3) is 5.41. The van der Waals surface area contributed by atoms with Crippen LogP contribution in [0.2, 0.25) is 5.02 Å². The number of ether oxygens (including phenoxy) is 1. The minimum Gasteiger partial charge on any atom is -0.385 e. The lowest BCUT2D eigenvalue weighted by molar-refractivity contribution is 0.0929. The number of methoxy groups -OCH3 is 1. The van der Waals surface area contributed by atoms with Crippen molar-refractivity contribution < 1.29 is 17.9 Å². The summed E-state index contributed by atoms with van der Waals surface area (Å²) in [6.07, 6.45) is 0.620. The number of hydrogen-bond donors (Lipinski definition) is 1. The molecule has 0 aliphatic heterocycles. The molecule has 0 bridgehead atoms. The van der Waals surface area contributed by atoms with Crippen LogP contribution in [0.3, 0.4) is 0 Å². The van der Waals surface area contributed by atoms with E-state index in [4.69, 9.17) is 27.0 Å². The summed E-state index contributed by atoms with van der Waals surface area (Å²) in [6, 6.07) is 2.24. The van der Waals surface area contributed by atoms with Gasteiger partial charge in [0.05, 0.1) is 15.5 Å². The molecular weight excluding hydrogens is 405 g/mol. The Kier molecular flexibility index (Phi) is 6.93. The number of carbonyl (C=O) groups is 1. The van der Waals surface area contributed by atoms with E-state index in [0.29, 0.717) is 13.0 Å². The molecule has 1 rings (SSSR count). The highest BCUT2D eigenvalue weighted by atomic mass is 79.9. The van der Waals surface area contributed by atoms with E-state index in [9.17, 15) is 13.2 Å². The van der Waals surface area contributed by atoms with Gasteiger partial charge in [-0.15, -0.1) is 0 Å². The minimum atomic E-state index is -3.96. The molecule has 0 radical (unpaired) electrons. The summed E-state index contributed by atoms with van der Waals surface area (Å²) in [5, 5.41) is 2.84. The van der Waals surface area contributed by atoms with Crippen molar-refractivity contribution in [2.45, 2.75) is 24.3 Å². The zero-order chi connectivity index (χ0) is 16.2. The van der Waals surface area contributed by atoms with Gasteiger partial charge >= 0.3 is 0 Å². The predicted octanol–water partition coefficient (Wildman–Crippen LogP) is 3.18. The number of carbonyl (C=O) groups excluding carboxylic acids is 1. The van der Waals surface area contributed by atoms with E-state index in [1.807, 2.05) is 6.92 Å². The van der Waals surface area contributed by atoms with Gasteiger partial charge in [0.2, 0.25) is 0 Å². The van der Waals surface area contributed by atoms with Crippen molar-refractivity contribution in [1.82, 2.24) is 5.32 Å². The van der Waals surface area contributed by atoms with Gasteiger partial charge in [-0.1, -0.05) is 11.6 Å². The van der Waals surface area contributed by atoms with Gasteiger partial charge in [0.15, 0.2) is 0 Å². The van der Waals surface area contributed by atoms with Crippen molar-refractivity contribution >= 4 is 53.2 Å². The number of hydrogen-bond acceptors (Lipinski definition) is 4. The van der Waals surface area contributed by atoms with Crippen LogP contribution in [-0.2, 0) is 13.8 Å². The SMILES string of the molecule is COCCC(C)NC(=O)c1cc(S(=O)(=O)Cl)cc(Br)c1Cl.